The summed E-state index contributed by atoms with van der Waals surface area (Å²) in [5, 5.41) is 14.1. The summed E-state index contributed by atoms with van der Waals surface area (Å²) in [5.74, 6) is -0.423. The Labute approximate surface area is 111 Å². The minimum absolute atomic E-state index is 0.0687. The maximum absolute atomic E-state index is 11.9. The first kappa shape index (κ1) is 12.9. The van der Waals surface area contributed by atoms with Gasteiger partial charge in [0.05, 0.1) is 0 Å². The van der Waals surface area contributed by atoms with Crippen LogP contribution in [0.4, 0.5) is 11.4 Å². The van der Waals surface area contributed by atoms with E-state index in [9.17, 15) is 10.0 Å². The molecule has 5 heteroatoms. The minimum atomic E-state index is -0.423. The Morgan fingerprint density at radius 3 is 2.42 bits per heavy atom. The van der Waals surface area contributed by atoms with Crippen molar-refractivity contribution in [3.05, 3.63) is 59.6 Å². The van der Waals surface area contributed by atoms with Crippen LogP contribution in [0, 0.1) is 5.21 Å². The lowest BCUT2D eigenvalue weighted by Gasteiger charge is -2.12. The molecule has 19 heavy (non-hydrogen) atoms. The molecule has 0 bridgehead atoms. The van der Waals surface area contributed by atoms with Crippen molar-refractivity contribution >= 4 is 17.3 Å². The number of carbonyl (C=O) groups is 1. The second kappa shape index (κ2) is 5.39. The minimum Gasteiger partial charge on any atom is -0.618 e. The van der Waals surface area contributed by atoms with Gasteiger partial charge in [-0.15, -0.1) is 0 Å². The SMILES string of the molecule is CN(C)c1ccc(NC(=O)c2cccc[n+]2[O-])cc1. The lowest BCUT2D eigenvalue weighted by molar-refractivity contribution is -0.607. The molecule has 0 spiro atoms. The smallest absolute Gasteiger partial charge is 0.321 e. The highest BCUT2D eigenvalue weighted by molar-refractivity contribution is 6.01. The fourth-order valence-electron chi connectivity index (χ4n) is 1.64. The molecule has 0 radical (unpaired) electrons. The normalized spacial score (nSPS) is 10.0. The van der Waals surface area contributed by atoms with Gasteiger partial charge in [-0.2, -0.15) is 4.73 Å². The van der Waals surface area contributed by atoms with E-state index in [1.54, 1.807) is 24.3 Å². The van der Waals surface area contributed by atoms with Crippen LogP contribution in [0.3, 0.4) is 0 Å². The second-order valence-electron chi connectivity index (χ2n) is 4.31. The molecule has 0 aliphatic heterocycles. The van der Waals surface area contributed by atoms with Gasteiger partial charge in [0.2, 0.25) is 0 Å². The highest BCUT2D eigenvalue weighted by Crippen LogP contribution is 2.15. The topological polar surface area (TPSA) is 59.3 Å². The number of nitrogens with one attached hydrogen (secondary N) is 1. The Hall–Kier alpha value is -2.56. The molecule has 1 aromatic carbocycles. The molecule has 1 N–H and O–H groups in total. The predicted molar refractivity (Wildman–Crippen MR) is 74.1 cm³/mol. The average molecular weight is 257 g/mol. The molecule has 0 aliphatic carbocycles. The van der Waals surface area contributed by atoms with Crippen LogP contribution < -0.4 is 14.9 Å². The maximum atomic E-state index is 11.9. The molecule has 1 amide bonds. The lowest BCUT2D eigenvalue weighted by atomic mass is 10.2. The number of aromatic nitrogens is 1. The van der Waals surface area contributed by atoms with Gasteiger partial charge in [-0.3, -0.25) is 4.79 Å². The Morgan fingerprint density at radius 2 is 1.84 bits per heavy atom. The van der Waals surface area contributed by atoms with Gasteiger partial charge in [0, 0.05) is 37.6 Å². The molecule has 0 atom stereocenters. The van der Waals surface area contributed by atoms with E-state index in [0.29, 0.717) is 10.4 Å². The summed E-state index contributed by atoms with van der Waals surface area (Å²) in [6, 6.07) is 12.1. The second-order valence-corrected chi connectivity index (χ2v) is 4.31. The number of carbonyl (C=O) groups excluding carboxylic acids is 1. The van der Waals surface area contributed by atoms with Crippen molar-refractivity contribution in [3.8, 4) is 0 Å². The van der Waals surface area contributed by atoms with Crippen molar-refractivity contribution in [2.45, 2.75) is 0 Å². The van der Waals surface area contributed by atoms with E-state index in [2.05, 4.69) is 5.32 Å². The fraction of sp³-hybridized carbons (Fsp3) is 0.143. The molecule has 0 saturated heterocycles. The highest BCUT2D eigenvalue weighted by Gasteiger charge is 2.14. The Kier molecular flexibility index (Phi) is 3.66. The van der Waals surface area contributed by atoms with Crippen molar-refractivity contribution < 1.29 is 9.52 Å². The van der Waals surface area contributed by atoms with E-state index in [-0.39, 0.29) is 5.69 Å². The van der Waals surface area contributed by atoms with E-state index in [4.69, 9.17) is 0 Å². The number of anilines is 2. The van der Waals surface area contributed by atoms with Gasteiger partial charge < -0.3 is 15.4 Å². The summed E-state index contributed by atoms with van der Waals surface area (Å²) >= 11 is 0. The third-order valence-electron chi connectivity index (χ3n) is 2.70. The highest BCUT2D eigenvalue weighted by atomic mass is 16.5. The first-order valence-electron chi connectivity index (χ1n) is 5.85. The fourth-order valence-corrected chi connectivity index (χ4v) is 1.64. The van der Waals surface area contributed by atoms with Crippen molar-refractivity contribution in [1.29, 1.82) is 0 Å². The van der Waals surface area contributed by atoms with Gasteiger partial charge in [0.1, 0.15) is 0 Å². The largest absolute Gasteiger partial charge is 0.618 e. The van der Waals surface area contributed by atoms with Gasteiger partial charge in [0.25, 0.3) is 5.69 Å². The Balaban J connectivity index is 2.13. The zero-order valence-corrected chi connectivity index (χ0v) is 10.8. The molecule has 0 fully saturated rings. The number of hydrogen-bond donors (Lipinski definition) is 1. The van der Waals surface area contributed by atoms with Crippen molar-refractivity contribution in [2.24, 2.45) is 0 Å². The molecule has 1 aromatic heterocycles. The number of rotatable bonds is 3. The van der Waals surface area contributed by atoms with Crippen LogP contribution in [0.15, 0.2) is 48.7 Å². The van der Waals surface area contributed by atoms with Crippen LogP contribution in [0.1, 0.15) is 10.5 Å². The molecular formula is C14H15N3O2. The van der Waals surface area contributed by atoms with Gasteiger partial charge in [-0.05, 0) is 30.3 Å². The number of nitrogens with zero attached hydrogens (tertiary/aromatic N) is 2. The third kappa shape index (κ3) is 3.01. The molecule has 2 aromatic rings. The molecule has 2 rings (SSSR count). The number of benzene rings is 1. The molecule has 0 aliphatic rings. The first-order valence-corrected chi connectivity index (χ1v) is 5.85. The zero-order chi connectivity index (χ0) is 13.8. The number of pyridine rings is 1. The van der Waals surface area contributed by atoms with Gasteiger partial charge >= 0.3 is 5.91 Å². The van der Waals surface area contributed by atoms with Crippen LogP contribution in [0.5, 0.6) is 0 Å². The van der Waals surface area contributed by atoms with E-state index >= 15 is 0 Å². The summed E-state index contributed by atoms with van der Waals surface area (Å²) in [4.78, 5) is 13.9. The quantitative estimate of drug-likeness (QED) is 0.671. The molecule has 0 unspecified atom stereocenters. The molecule has 0 saturated carbocycles. The van der Waals surface area contributed by atoms with Crippen LogP contribution in [0.2, 0.25) is 0 Å². The summed E-state index contributed by atoms with van der Waals surface area (Å²) in [5.41, 5.74) is 1.76. The molecule has 5 nitrogen and oxygen atoms in total. The number of hydrogen-bond acceptors (Lipinski definition) is 3. The van der Waals surface area contributed by atoms with Crippen LogP contribution in [-0.2, 0) is 0 Å². The Bertz CT molecular complexity index is 579. The summed E-state index contributed by atoms with van der Waals surface area (Å²) in [6.07, 6.45) is 1.30. The van der Waals surface area contributed by atoms with Crippen molar-refractivity contribution in [1.82, 2.24) is 0 Å². The molecule has 1 heterocycles. The average Bonchev–Trinajstić information content (AvgIpc) is 2.39. The van der Waals surface area contributed by atoms with E-state index < -0.39 is 5.91 Å². The van der Waals surface area contributed by atoms with Gasteiger partial charge in [-0.1, -0.05) is 0 Å². The molecule has 98 valence electrons. The van der Waals surface area contributed by atoms with Crippen molar-refractivity contribution in [3.63, 3.8) is 0 Å². The first-order chi connectivity index (χ1) is 9.08. The third-order valence-corrected chi connectivity index (χ3v) is 2.70. The summed E-state index contributed by atoms with van der Waals surface area (Å²) in [7, 11) is 3.88. The van der Waals surface area contributed by atoms with Gasteiger partial charge in [-0.25, -0.2) is 0 Å². The summed E-state index contributed by atoms with van der Waals surface area (Å²) < 4.78 is 0.545. The van der Waals surface area contributed by atoms with Crippen LogP contribution >= 0.6 is 0 Å². The van der Waals surface area contributed by atoms with Crippen LogP contribution in [-0.4, -0.2) is 20.0 Å². The number of amides is 1. The van der Waals surface area contributed by atoms with E-state index in [1.165, 1.54) is 12.3 Å². The van der Waals surface area contributed by atoms with E-state index in [1.807, 2.05) is 31.1 Å². The molecular weight excluding hydrogens is 242 g/mol. The Morgan fingerprint density at radius 1 is 1.16 bits per heavy atom. The van der Waals surface area contributed by atoms with Crippen molar-refractivity contribution in [2.75, 3.05) is 24.3 Å². The summed E-state index contributed by atoms with van der Waals surface area (Å²) in [6.45, 7) is 0. The van der Waals surface area contributed by atoms with Gasteiger partial charge in [0.15, 0.2) is 6.20 Å². The maximum Gasteiger partial charge on any atom is 0.321 e. The zero-order valence-electron chi connectivity index (χ0n) is 10.8. The monoisotopic (exact) mass is 257 g/mol. The van der Waals surface area contributed by atoms with Crippen LogP contribution in [0.25, 0.3) is 0 Å². The van der Waals surface area contributed by atoms with E-state index in [0.717, 1.165) is 5.69 Å². The lowest BCUT2D eigenvalue weighted by Crippen LogP contribution is -2.36. The predicted octanol–water partition coefficient (Wildman–Crippen LogP) is 1.64. The standard InChI is InChI=1S/C14H15N3O2/c1-16(2)12-8-6-11(7-9-12)15-14(18)13-5-3-4-10-17(13)19/h3-10H,1-2H3,(H,15,18).